The molecular weight excluding hydrogens is 348 g/mol. The number of hydrogen-bond acceptors (Lipinski definition) is 4. The number of halogens is 1. The Morgan fingerprint density at radius 3 is 2.29 bits per heavy atom. The van der Waals surface area contributed by atoms with Gasteiger partial charge in [-0.1, -0.05) is 30.7 Å². The predicted molar refractivity (Wildman–Crippen MR) is 94.9 cm³/mol. The predicted octanol–water partition coefficient (Wildman–Crippen LogP) is 4.13. The number of carbonyl (C=O) groups excluding carboxylic acids is 1. The standard InChI is InChI=1S/C18H19ClO4S/c1-4-23-14-7-5-13(6-8-14)12(2)18(20)16-10-9-15(11-17(16)19)24(3,21)22/h5-12H,4H2,1-3H3. The first-order valence-electron chi connectivity index (χ1n) is 7.50. The summed E-state index contributed by atoms with van der Waals surface area (Å²) in [6, 6.07) is 11.5. The number of carbonyl (C=O) groups is 1. The van der Waals surface area contributed by atoms with Gasteiger partial charge in [0.15, 0.2) is 15.6 Å². The molecule has 0 heterocycles. The lowest BCUT2D eigenvalue weighted by Crippen LogP contribution is -2.11. The molecule has 0 N–H and O–H groups in total. The van der Waals surface area contributed by atoms with Gasteiger partial charge < -0.3 is 4.74 Å². The molecule has 0 aliphatic carbocycles. The van der Waals surface area contributed by atoms with Crippen LogP contribution in [0.1, 0.15) is 35.7 Å². The van der Waals surface area contributed by atoms with Crippen LogP contribution in [-0.2, 0) is 9.84 Å². The molecule has 0 bridgehead atoms. The molecule has 6 heteroatoms. The molecule has 0 saturated heterocycles. The first-order chi connectivity index (χ1) is 11.2. The lowest BCUT2D eigenvalue weighted by Gasteiger charge is -2.13. The third kappa shape index (κ3) is 4.16. The van der Waals surface area contributed by atoms with E-state index >= 15 is 0 Å². The van der Waals surface area contributed by atoms with Gasteiger partial charge in [0, 0.05) is 17.7 Å². The van der Waals surface area contributed by atoms with Crippen molar-refractivity contribution in [2.45, 2.75) is 24.7 Å². The van der Waals surface area contributed by atoms with E-state index in [0.29, 0.717) is 12.2 Å². The molecule has 0 aliphatic rings. The molecular formula is C18H19ClO4S. The van der Waals surface area contributed by atoms with E-state index in [4.69, 9.17) is 16.3 Å². The van der Waals surface area contributed by atoms with Crippen molar-refractivity contribution in [2.75, 3.05) is 12.9 Å². The lowest BCUT2D eigenvalue weighted by molar-refractivity contribution is 0.0966. The largest absolute Gasteiger partial charge is 0.494 e. The van der Waals surface area contributed by atoms with Gasteiger partial charge in [0.25, 0.3) is 0 Å². The minimum absolute atomic E-state index is 0.0952. The van der Waals surface area contributed by atoms with Crippen LogP contribution < -0.4 is 4.74 Å². The Bertz CT molecular complexity index is 842. The molecule has 1 unspecified atom stereocenters. The van der Waals surface area contributed by atoms with Crippen LogP contribution in [0, 0.1) is 0 Å². The van der Waals surface area contributed by atoms with E-state index in [1.54, 1.807) is 6.92 Å². The van der Waals surface area contributed by atoms with Gasteiger partial charge >= 0.3 is 0 Å². The minimum Gasteiger partial charge on any atom is -0.494 e. The zero-order valence-corrected chi connectivity index (χ0v) is 15.3. The summed E-state index contributed by atoms with van der Waals surface area (Å²) in [5.41, 5.74) is 1.15. The van der Waals surface area contributed by atoms with Crippen LogP contribution in [0.5, 0.6) is 5.75 Å². The van der Waals surface area contributed by atoms with Crippen LogP contribution >= 0.6 is 11.6 Å². The highest BCUT2D eigenvalue weighted by Gasteiger charge is 2.21. The van der Waals surface area contributed by atoms with Crippen LogP contribution in [0.4, 0.5) is 0 Å². The van der Waals surface area contributed by atoms with Crippen molar-refractivity contribution in [3.8, 4) is 5.75 Å². The second-order valence-electron chi connectivity index (χ2n) is 5.50. The van der Waals surface area contributed by atoms with Crippen LogP contribution in [0.3, 0.4) is 0 Å². The minimum atomic E-state index is -3.36. The Kier molecular flexibility index (Phi) is 5.67. The second kappa shape index (κ2) is 7.36. The van der Waals surface area contributed by atoms with Gasteiger partial charge in [0.05, 0.1) is 16.5 Å². The Morgan fingerprint density at radius 1 is 1.17 bits per heavy atom. The fourth-order valence-electron chi connectivity index (χ4n) is 2.33. The zero-order chi connectivity index (χ0) is 17.9. The number of sulfone groups is 1. The van der Waals surface area contributed by atoms with Gasteiger partial charge in [0.2, 0.25) is 0 Å². The third-order valence-corrected chi connectivity index (χ3v) is 5.14. The number of ketones is 1. The summed E-state index contributed by atoms with van der Waals surface area (Å²) in [4.78, 5) is 12.8. The van der Waals surface area contributed by atoms with Crippen molar-refractivity contribution in [1.82, 2.24) is 0 Å². The molecule has 24 heavy (non-hydrogen) atoms. The maximum absolute atomic E-state index is 12.7. The van der Waals surface area contributed by atoms with E-state index in [0.717, 1.165) is 17.6 Å². The number of ether oxygens (including phenoxy) is 1. The van der Waals surface area contributed by atoms with E-state index < -0.39 is 15.8 Å². The van der Waals surface area contributed by atoms with E-state index in [-0.39, 0.29) is 15.7 Å². The molecule has 2 aromatic carbocycles. The zero-order valence-electron chi connectivity index (χ0n) is 13.7. The molecule has 0 aliphatic heterocycles. The van der Waals surface area contributed by atoms with Gasteiger partial charge in [-0.05, 0) is 42.8 Å². The Hall–Kier alpha value is -1.85. The monoisotopic (exact) mass is 366 g/mol. The first-order valence-corrected chi connectivity index (χ1v) is 9.77. The van der Waals surface area contributed by atoms with Gasteiger partial charge in [-0.15, -0.1) is 0 Å². The fourth-order valence-corrected chi connectivity index (χ4v) is 3.32. The van der Waals surface area contributed by atoms with Gasteiger partial charge in [-0.2, -0.15) is 0 Å². The van der Waals surface area contributed by atoms with Crippen molar-refractivity contribution < 1.29 is 17.9 Å². The van der Waals surface area contributed by atoms with Crippen molar-refractivity contribution in [2.24, 2.45) is 0 Å². The van der Waals surface area contributed by atoms with E-state index in [9.17, 15) is 13.2 Å². The van der Waals surface area contributed by atoms with E-state index in [1.165, 1.54) is 18.2 Å². The molecule has 0 amide bonds. The van der Waals surface area contributed by atoms with Crippen molar-refractivity contribution in [3.63, 3.8) is 0 Å². The normalized spacial score (nSPS) is 12.7. The molecule has 128 valence electrons. The molecule has 2 aromatic rings. The fraction of sp³-hybridized carbons (Fsp3) is 0.278. The summed E-state index contributed by atoms with van der Waals surface area (Å²) in [5.74, 6) is 0.183. The van der Waals surface area contributed by atoms with Gasteiger partial charge in [0.1, 0.15) is 5.75 Å². The highest BCUT2D eigenvalue weighted by atomic mass is 35.5. The molecule has 1 atom stereocenters. The number of hydrogen-bond donors (Lipinski definition) is 0. The van der Waals surface area contributed by atoms with Crippen molar-refractivity contribution in [3.05, 3.63) is 58.6 Å². The summed E-state index contributed by atoms with van der Waals surface area (Å²) in [5, 5.41) is 0.140. The first kappa shape index (κ1) is 18.5. The van der Waals surface area contributed by atoms with E-state index in [1.807, 2.05) is 31.2 Å². The van der Waals surface area contributed by atoms with Crippen molar-refractivity contribution >= 4 is 27.2 Å². The summed E-state index contributed by atoms with van der Waals surface area (Å²) >= 11 is 6.12. The second-order valence-corrected chi connectivity index (χ2v) is 7.92. The quantitative estimate of drug-likeness (QED) is 0.721. The van der Waals surface area contributed by atoms with Crippen LogP contribution in [0.25, 0.3) is 0 Å². The Balaban J connectivity index is 2.27. The molecule has 0 aromatic heterocycles. The Labute approximate surface area is 147 Å². The third-order valence-electron chi connectivity index (χ3n) is 3.72. The molecule has 4 nitrogen and oxygen atoms in total. The number of benzene rings is 2. The Morgan fingerprint density at radius 2 is 1.79 bits per heavy atom. The topological polar surface area (TPSA) is 60.4 Å². The van der Waals surface area contributed by atoms with Gasteiger partial charge in [-0.3, -0.25) is 4.79 Å². The molecule has 0 spiro atoms. The SMILES string of the molecule is CCOc1ccc(C(C)C(=O)c2ccc(S(C)(=O)=O)cc2Cl)cc1. The van der Waals surface area contributed by atoms with Crippen molar-refractivity contribution in [1.29, 1.82) is 0 Å². The van der Waals surface area contributed by atoms with Crippen LogP contribution in [-0.4, -0.2) is 27.1 Å². The average Bonchev–Trinajstić information content (AvgIpc) is 2.53. The van der Waals surface area contributed by atoms with Gasteiger partial charge in [-0.25, -0.2) is 8.42 Å². The highest BCUT2D eigenvalue weighted by molar-refractivity contribution is 7.90. The highest BCUT2D eigenvalue weighted by Crippen LogP contribution is 2.28. The average molecular weight is 367 g/mol. The number of Topliss-reactive ketones (excluding diaryl/α,β-unsaturated/α-hetero) is 1. The maximum Gasteiger partial charge on any atom is 0.175 e. The molecule has 0 saturated carbocycles. The van der Waals surface area contributed by atoms with E-state index in [2.05, 4.69) is 0 Å². The summed E-state index contributed by atoms with van der Waals surface area (Å²) in [6.07, 6.45) is 1.10. The maximum atomic E-state index is 12.7. The summed E-state index contributed by atoms with van der Waals surface area (Å²) in [7, 11) is -3.36. The lowest BCUT2D eigenvalue weighted by atomic mass is 9.92. The van der Waals surface area contributed by atoms with Crippen LogP contribution in [0.15, 0.2) is 47.4 Å². The molecule has 0 fully saturated rings. The smallest absolute Gasteiger partial charge is 0.175 e. The molecule has 2 rings (SSSR count). The van der Waals surface area contributed by atoms with Crippen LogP contribution in [0.2, 0.25) is 5.02 Å². The summed E-state index contributed by atoms with van der Waals surface area (Å²) in [6.45, 7) is 4.27. The molecule has 0 radical (unpaired) electrons. The summed E-state index contributed by atoms with van der Waals surface area (Å²) < 4.78 is 28.5. The number of rotatable bonds is 6.